The highest BCUT2D eigenvalue weighted by Crippen LogP contribution is 2.20. The first kappa shape index (κ1) is 14.0. The molecule has 0 aromatic heterocycles. The van der Waals surface area contributed by atoms with E-state index < -0.39 is 0 Å². The van der Waals surface area contributed by atoms with Crippen LogP contribution in [0.2, 0.25) is 0 Å². The molecule has 0 bridgehead atoms. The van der Waals surface area contributed by atoms with Gasteiger partial charge in [-0.15, -0.1) is 0 Å². The van der Waals surface area contributed by atoms with Gasteiger partial charge in [0.15, 0.2) is 0 Å². The molecular formula is C13H18N2O3S. The molecule has 1 aliphatic rings. The first-order valence-electron chi connectivity index (χ1n) is 6.26. The zero-order chi connectivity index (χ0) is 13.7. The summed E-state index contributed by atoms with van der Waals surface area (Å²) in [5.74, 6) is 1.79. The lowest BCUT2D eigenvalue weighted by Crippen LogP contribution is -2.39. The van der Waals surface area contributed by atoms with Crippen LogP contribution in [0, 0.1) is 0 Å². The summed E-state index contributed by atoms with van der Waals surface area (Å²) < 4.78 is 0. The van der Waals surface area contributed by atoms with Gasteiger partial charge in [0, 0.05) is 49.3 Å². The van der Waals surface area contributed by atoms with Gasteiger partial charge in [-0.25, -0.2) is 0 Å². The Hall–Kier alpha value is -1.40. The summed E-state index contributed by atoms with van der Waals surface area (Å²) in [5.41, 5.74) is 0.270. The molecule has 0 atom stereocenters. The van der Waals surface area contributed by atoms with Gasteiger partial charge >= 0.3 is 0 Å². The minimum Gasteiger partial charge on any atom is -0.508 e. The molecule has 6 heteroatoms. The maximum Gasteiger partial charge on any atom is 0.251 e. The van der Waals surface area contributed by atoms with Crippen LogP contribution in [0.1, 0.15) is 10.4 Å². The van der Waals surface area contributed by atoms with Gasteiger partial charge in [0.25, 0.3) is 5.91 Å². The molecule has 2 rings (SSSR count). The van der Waals surface area contributed by atoms with E-state index in [1.165, 1.54) is 18.2 Å². The van der Waals surface area contributed by atoms with Gasteiger partial charge in [0.05, 0.1) is 0 Å². The Morgan fingerprint density at radius 2 is 1.84 bits per heavy atom. The van der Waals surface area contributed by atoms with Crippen LogP contribution >= 0.6 is 11.8 Å². The van der Waals surface area contributed by atoms with Crippen molar-refractivity contribution in [2.24, 2.45) is 0 Å². The van der Waals surface area contributed by atoms with E-state index >= 15 is 0 Å². The van der Waals surface area contributed by atoms with Crippen molar-refractivity contribution in [2.75, 3.05) is 37.7 Å². The molecule has 1 heterocycles. The van der Waals surface area contributed by atoms with Gasteiger partial charge in [-0.1, -0.05) is 0 Å². The first-order valence-corrected chi connectivity index (χ1v) is 7.42. The number of phenols is 2. The van der Waals surface area contributed by atoms with Crippen molar-refractivity contribution in [1.82, 2.24) is 10.2 Å². The lowest BCUT2D eigenvalue weighted by Gasteiger charge is -2.25. The SMILES string of the molecule is O=C(NCCN1CCSCC1)c1cc(O)cc(O)c1. The summed E-state index contributed by atoms with van der Waals surface area (Å²) in [6.07, 6.45) is 0. The molecule has 1 aromatic carbocycles. The van der Waals surface area contributed by atoms with Crippen molar-refractivity contribution in [3.05, 3.63) is 23.8 Å². The fourth-order valence-electron chi connectivity index (χ4n) is 1.98. The van der Waals surface area contributed by atoms with Crippen molar-refractivity contribution in [3.63, 3.8) is 0 Å². The number of carbonyl (C=O) groups is 1. The Morgan fingerprint density at radius 1 is 1.21 bits per heavy atom. The Bertz CT molecular complexity index is 427. The number of hydrogen-bond acceptors (Lipinski definition) is 5. The van der Waals surface area contributed by atoms with Crippen LogP contribution in [0.5, 0.6) is 11.5 Å². The second-order valence-electron chi connectivity index (χ2n) is 4.45. The molecule has 1 amide bonds. The molecule has 0 radical (unpaired) electrons. The van der Waals surface area contributed by atoms with Crippen molar-refractivity contribution in [3.8, 4) is 11.5 Å². The number of hydrogen-bond donors (Lipinski definition) is 3. The van der Waals surface area contributed by atoms with Crippen molar-refractivity contribution in [2.45, 2.75) is 0 Å². The summed E-state index contributed by atoms with van der Waals surface area (Å²) in [5, 5.41) is 21.4. The van der Waals surface area contributed by atoms with Crippen LogP contribution in [0.25, 0.3) is 0 Å². The van der Waals surface area contributed by atoms with Crippen molar-refractivity contribution < 1.29 is 15.0 Å². The lowest BCUT2D eigenvalue weighted by molar-refractivity contribution is 0.0948. The number of aromatic hydroxyl groups is 2. The second kappa shape index (κ2) is 6.68. The molecule has 0 unspecified atom stereocenters. The maximum absolute atomic E-state index is 11.8. The number of rotatable bonds is 4. The molecule has 1 aromatic rings. The predicted molar refractivity (Wildman–Crippen MR) is 75.9 cm³/mol. The Kier molecular flexibility index (Phi) is 4.93. The number of nitrogens with one attached hydrogen (secondary N) is 1. The van der Waals surface area contributed by atoms with E-state index in [2.05, 4.69) is 10.2 Å². The van der Waals surface area contributed by atoms with Gasteiger partial charge in [-0.3, -0.25) is 9.69 Å². The van der Waals surface area contributed by atoms with Crippen LogP contribution in [0.4, 0.5) is 0 Å². The molecular weight excluding hydrogens is 264 g/mol. The molecule has 5 nitrogen and oxygen atoms in total. The fraction of sp³-hybridized carbons (Fsp3) is 0.462. The van der Waals surface area contributed by atoms with Crippen LogP contribution < -0.4 is 5.32 Å². The van der Waals surface area contributed by atoms with Crippen LogP contribution in [0.3, 0.4) is 0 Å². The summed E-state index contributed by atoms with van der Waals surface area (Å²) in [6, 6.07) is 3.88. The standard InChI is InChI=1S/C13H18N2O3S/c16-11-7-10(8-12(17)9-11)13(18)14-1-2-15-3-5-19-6-4-15/h7-9,16-17H,1-6H2,(H,14,18). The van der Waals surface area contributed by atoms with Gasteiger partial charge in [0.1, 0.15) is 11.5 Å². The number of carbonyl (C=O) groups excluding carboxylic acids is 1. The van der Waals surface area contributed by atoms with Gasteiger partial charge < -0.3 is 15.5 Å². The predicted octanol–water partition coefficient (Wildman–Crippen LogP) is 0.876. The highest BCUT2D eigenvalue weighted by Gasteiger charge is 2.11. The van der Waals surface area contributed by atoms with E-state index in [0.29, 0.717) is 6.54 Å². The van der Waals surface area contributed by atoms with E-state index in [4.69, 9.17) is 0 Å². The van der Waals surface area contributed by atoms with Crippen LogP contribution in [0.15, 0.2) is 18.2 Å². The first-order chi connectivity index (χ1) is 9.15. The van der Waals surface area contributed by atoms with Crippen LogP contribution in [-0.2, 0) is 0 Å². The number of amides is 1. The van der Waals surface area contributed by atoms with E-state index in [1.807, 2.05) is 11.8 Å². The molecule has 1 saturated heterocycles. The monoisotopic (exact) mass is 282 g/mol. The van der Waals surface area contributed by atoms with E-state index in [-0.39, 0.29) is 23.0 Å². The Balaban J connectivity index is 1.80. The Morgan fingerprint density at radius 3 is 2.47 bits per heavy atom. The quantitative estimate of drug-likeness (QED) is 0.764. The molecule has 19 heavy (non-hydrogen) atoms. The van der Waals surface area contributed by atoms with Crippen molar-refractivity contribution >= 4 is 17.7 Å². The molecule has 3 N–H and O–H groups in total. The zero-order valence-corrected chi connectivity index (χ0v) is 11.4. The third-order valence-electron chi connectivity index (χ3n) is 2.98. The third kappa shape index (κ3) is 4.33. The number of thioether (sulfide) groups is 1. The summed E-state index contributed by atoms with van der Waals surface area (Å²) in [4.78, 5) is 14.2. The summed E-state index contributed by atoms with van der Waals surface area (Å²) in [6.45, 7) is 3.53. The average Bonchev–Trinajstić information content (AvgIpc) is 2.38. The minimum atomic E-state index is -0.280. The van der Waals surface area contributed by atoms with Crippen LogP contribution in [-0.4, -0.2) is 58.7 Å². The summed E-state index contributed by atoms with van der Waals surface area (Å²) in [7, 11) is 0. The normalized spacial score (nSPS) is 16.2. The topological polar surface area (TPSA) is 72.8 Å². The maximum atomic E-state index is 11.8. The molecule has 1 fully saturated rings. The van der Waals surface area contributed by atoms with Gasteiger partial charge in [-0.05, 0) is 12.1 Å². The number of benzene rings is 1. The van der Waals surface area contributed by atoms with Gasteiger partial charge in [-0.2, -0.15) is 11.8 Å². The molecule has 1 aliphatic heterocycles. The average molecular weight is 282 g/mol. The molecule has 0 aliphatic carbocycles. The Labute approximate surface area is 116 Å². The number of phenolic OH excluding ortho intramolecular Hbond substituents is 2. The molecule has 104 valence electrons. The lowest BCUT2D eigenvalue weighted by atomic mass is 10.2. The summed E-state index contributed by atoms with van der Waals surface area (Å²) >= 11 is 1.95. The van der Waals surface area contributed by atoms with E-state index in [9.17, 15) is 15.0 Å². The third-order valence-corrected chi connectivity index (χ3v) is 3.92. The smallest absolute Gasteiger partial charge is 0.251 e. The fourth-order valence-corrected chi connectivity index (χ4v) is 2.96. The highest BCUT2D eigenvalue weighted by molar-refractivity contribution is 7.99. The minimum absolute atomic E-state index is 0.113. The van der Waals surface area contributed by atoms with E-state index in [0.717, 1.165) is 31.1 Å². The number of nitrogens with zero attached hydrogens (tertiary/aromatic N) is 1. The molecule has 0 saturated carbocycles. The zero-order valence-electron chi connectivity index (χ0n) is 10.6. The van der Waals surface area contributed by atoms with E-state index in [1.54, 1.807) is 0 Å². The van der Waals surface area contributed by atoms with Crippen molar-refractivity contribution in [1.29, 1.82) is 0 Å². The van der Waals surface area contributed by atoms with Gasteiger partial charge in [0.2, 0.25) is 0 Å². The highest BCUT2D eigenvalue weighted by atomic mass is 32.2. The second-order valence-corrected chi connectivity index (χ2v) is 5.67. The molecule has 0 spiro atoms. The largest absolute Gasteiger partial charge is 0.508 e.